The second-order valence-electron chi connectivity index (χ2n) is 2.52. The molecule has 0 aliphatic heterocycles. The summed E-state index contributed by atoms with van der Waals surface area (Å²) in [7, 11) is -14.6. The molecule has 0 saturated heterocycles. The molecule has 0 fully saturated rings. The van der Waals surface area contributed by atoms with Gasteiger partial charge in [0.15, 0.2) is 0 Å². The van der Waals surface area contributed by atoms with Gasteiger partial charge in [-0.1, -0.05) is 3.89 Å². The Morgan fingerprint density at radius 2 is 1.11 bits per heavy atom. The van der Waals surface area contributed by atoms with Crippen molar-refractivity contribution in [1.82, 2.24) is 0 Å². The zero-order chi connectivity index (χ0) is 14.5. The minimum Gasteiger partial charge on any atom is -1.00 e. The molecule has 0 atom stereocenters. The summed E-state index contributed by atoms with van der Waals surface area (Å²) < 4.78 is 131. The Morgan fingerprint density at radius 1 is 0.833 bits per heavy atom. The number of hydrogen-bond donors (Lipinski definition) is 1. The molecule has 0 aliphatic rings. The standard InChI is InChI=1S/C3HF7O5S2.K.H/c4-1(5,2(6,7)16(10,11)12)3(8,9)17(13,14)15;;/h(H,13,14,15);;/q;+1;-1. The van der Waals surface area contributed by atoms with Crippen LogP contribution in [0, 0.1) is 0 Å². The average molecular weight is 354 g/mol. The van der Waals surface area contributed by atoms with Crippen molar-refractivity contribution in [3.63, 3.8) is 0 Å². The predicted octanol–water partition coefficient (Wildman–Crippen LogP) is -1.89. The molecule has 15 heteroatoms. The molecule has 0 heterocycles. The first-order valence-corrected chi connectivity index (χ1v) is 5.87. The van der Waals surface area contributed by atoms with E-state index in [1.54, 1.807) is 0 Å². The Bertz CT molecular complexity index is 469. The van der Waals surface area contributed by atoms with E-state index in [4.69, 9.17) is 4.55 Å². The molecule has 0 aromatic heterocycles. The molecule has 0 rings (SSSR count). The van der Waals surface area contributed by atoms with E-state index in [1.165, 1.54) is 0 Å². The molecule has 5 nitrogen and oxygen atoms in total. The Balaban J connectivity index is -0.00000128. The molecule has 0 aromatic carbocycles. The van der Waals surface area contributed by atoms with Crippen molar-refractivity contribution in [2.45, 2.75) is 16.4 Å². The molecule has 18 heavy (non-hydrogen) atoms. The topological polar surface area (TPSA) is 88.5 Å². The normalized spacial score (nSPS) is 15.1. The van der Waals surface area contributed by atoms with Crippen LogP contribution in [0.3, 0.4) is 0 Å². The van der Waals surface area contributed by atoms with Crippen LogP contribution in [-0.4, -0.2) is 37.8 Å². The molecule has 0 radical (unpaired) electrons. The van der Waals surface area contributed by atoms with Gasteiger partial charge >= 0.3 is 88.2 Å². The van der Waals surface area contributed by atoms with Crippen LogP contribution in [0.4, 0.5) is 30.2 Å². The quantitative estimate of drug-likeness (QED) is 0.276. The van der Waals surface area contributed by atoms with Gasteiger partial charge in [-0.25, -0.2) is 0 Å². The second-order valence-corrected chi connectivity index (χ2v) is 5.37. The van der Waals surface area contributed by atoms with Gasteiger partial charge in [-0.15, -0.1) is 0 Å². The molecule has 0 saturated carbocycles. The summed E-state index contributed by atoms with van der Waals surface area (Å²) >= 11 is 0. The molecule has 0 spiro atoms. The zero-order valence-electron chi connectivity index (χ0n) is 9.04. The predicted molar refractivity (Wildman–Crippen MR) is 37.5 cm³/mol. The average Bonchev–Trinajstić information content (AvgIpc) is 1.98. The molecule has 0 bridgehead atoms. The van der Waals surface area contributed by atoms with Crippen molar-refractivity contribution < 1.29 is 104 Å². The van der Waals surface area contributed by atoms with Crippen molar-refractivity contribution in [1.29, 1.82) is 0 Å². The van der Waals surface area contributed by atoms with Crippen molar-refractivity contribution in [3.8, 4) is 0 Å². The van der Waals surface area contributed by atoms with Crippen LogP contribution in [0.1, 0.15) is 1.43 Å². The molecule has 0 amide bonds. The minimum atomic E-state index is -7.54. The summed E-state index contributed by atoms with van der Waals surface area (Å²) in [6, 6.07) is 0. The minimum absolute atomic E-state index is 0. The Morgan fingerprint density at radius 3 is 1.28 bits per heavy atom. The smallest absolute Gasteiger partial charge is 1.00 e. The summed E-state index contributed by atoms with van der Waals surface area (Å²) in [6.45, 7) is 0. The summed E-state index contributed by atoms with van der Waals surface area (Å²) in [4.78, 5) is 0. The summed E-state index contributed by atoms with van der Waals surface area (Å²) in [5.41, 5.74) is 0. The van der Waals surface area contributed by atoms with E-state index in [2.05, 4.69) is 0 Å². The number of hydrogen-bond acceptors (Lipinski definition) is 4. The largest absolute Gasteiger partial charge is 1.00 e. The van der Waals surface area contributed by atoms with Crippen molar-refractivity contribution in [3.05, 3.63) is 0 Å². The monoisotopic (exact) mass is 354 g/mol. The number of rotatable bonds is 4. The van der Waals surface area contributed by atoms with E-state index in [1.807, 2.05) is 0 Å². The molecular weight excluding hydrogens is 352 g/mol. The van der Waals surface area contributed by atoms with Crippen LogP contribution >= 0.6 is 0 Å². The van der Waals surface area contributed by atoms with Crippen molar-refractivity contribution in [2.75, 3.05) is 0 Å². The molecule has 1 N–H and O–H groups in total. The third kappa shape index (κ3) is 3.18. The third-order valence-electron chi connectivity index (χ3n) is 1.36. The van der Waals surface area contributed by atoms with E-state index in [0.717, 1.165) is 0 Å². The SMILES string of the molecule is O=S(=O)(O)C(F)(F)C(F)(F)C(F)(F)S(=O)(=O)F.[H-].[K+]. The van der Waals surface area contributed by atoms with Crippen molar-refractivity contribution in [2.24, 2.45) is 0 Å². The first-order chi connectivity index (χ1) is 7.00. The maximum Gasteiger partial charge on any atom is 1.00 e. The van der Waals surface area contributed by atoms with E-state index < -0.39 is 36.8 Å². The van der Waals surface area contributed by atoms with Gasteiger partial charge in [0.1, 0.15) is 0 Å². The number of halogens is 7. The Hall–Kier alpha value is 1.01. The molecule has 0 aliphatic carbocycles. The fourth-order valence-corrected chi connectivity index (χ4v) is 1.44. The van der Waals surface area contributed by atoms with Crippen LogP contribution in [0.5, 0.6) is 0 Å². The maximum absolute atomic E-state index is 12.3. The Kier molecular flexibility index (Phi) is 6.41. The van der Waals surface area contributed by atoms with E-state index in [0.29, 0.717) is 0 Å². The molecular formula is C3H2F7KO5S2. The zero-order valence-corrected chi connectivity index (χ0v) is 12.8. The van der Waals surface area contributed by atoms with Gasteiger partial charge in [0.05, 0.1) is 0 Å². The van der Waals surface area contributed by atoms with Crippen LogP contribution < -0.4 is 51.4 Å². The van der Waals surface area contributed by atoms with Gasteiger partial charge in [0.25, 0.3) is 0 Å². The molecule has 106 valence electrons. The van der Waals surface area contributed by atoms with Crippen LogP contribution in [0.25, 0.3) is 0 Å². The van der Waals surface area contributed by atoms with Gasteiger partial charge < -0.3 is 1.43 Å². The molecule has 0 aromatic rings. The van der Waals surface area contributed by atoms with E-state index in [-0.39, 0.29) is 52.8 Å². The van der Waals surface area contributed by atoms with Crippen LogP contribution in [0.15, 0.2) is 0 Å². The van der Waals surface area contributed by atoms with Crippen LogP contribution in [0.2, 0.25) is 0 Å². The summed E-state index contributed by atoms with van der Waals surface area (Å²) in [5, 5.41) is -13.9. The van der Waals surface area contributed by atoms with Gasteiger partial charge in [-0.2, -0.15) is 43.2 Å². The second kappa shape index (κ2) is 5.42. The Labute approximate surface area is 140 Å². The maximum atomic E-state index is 12.3. The fourth-order valence-electron chi connectivity index (χ4n) is 0.485. The van der Waals surface area contributed by atoms with Gasteiger partial charge in [-0.05, 0) is 0 Å². The third-order valence-corrected chi connectivity index (χ3v) is 3.13. The first-order valence-electron chi connectivity index (χ1n) is 3.05. The first kappa shape index (κ1) is 21.3. The van der Waals surface area contributed by atoms with Crippen molar-refractivity contribution >= 4 is 20.3 Å². The fraction of sp³-hybridized carbons (Fsp3) is 1.00. The van der Waals surface area contributed by atoms with Gasteiger partial charge in [0.2, 0.25) is 0 Å². The summed E-state index contributed by atoms with van der Waals surface area (Å²) in [5.74, 6) is -7.21. The van der Waals surface area contributed by atoms with Gasteiger partial charge in [-0.3, -0.25) is 4.55 Å². The van der Waals surface area contributed by atoms with E-state index in [9.17, 15) is 47.1 Å². The van der Waals surface area contributed by atoms with Gasteiger partial charge in [0, 0.05) is 0 Å². The summed E-state index contributed by atoms with van der Waals surface area (Å²) in [6.07, 6.45) is 0. The van der Waals surface area contributed by atoms with E-state index >= 15 is 0 Å². The van der Waals surface area contributed by atoms with Crippen LogP contribution in [-0.2, 0) is 20.3 Å². The molecule has 0 unspecified atom stereocenters. The number of alkyl halides is 6.